The number of nitrogens with zero attached hydrogens (tertiary/aromatic N) is 1. The Bertz CT molecular complexity index is 266. The second kappa shape index (κ2) is 5.04. The molecule has 1 aliphatic heterocycles. The van der Waals surface area contributed by atoms with Gasteiger partial charge in [-0.3, -0.25) is 4.90 Å². The number of nitrogens with one attached hydrogen (secondary N) is 1. The van der Waals surface area contributed by atoms with Gasteiger partial charge in [-0.15, -0.1) is 0 Å². The van der Waals surface area contributed by atoms with Gasteiger partial charge in [0.1, 0.15) is 0 Å². The van der Waals surface area contributed by atoms with E-state index < -0.39 is 0 Å². The molecule has 0 spiro atoms. The summed E-state index contributed by atoms with van der Waals surface area (Å²) in [5.74, 6) is 0.719. The van der Waals surface area contributed by atoms with Crippen LogP contribution in [-0.4, -0.2) is 43.3 Å². The summed E-state index contributed by atoms with van der Waals surface area (Å²) < 4.78 is 5.40. The van der Waals surface area contributed by atoms with Gasteiger partial charge in [0.2, 0.25) is 0 Å². The van der Waals surface area contributed by atoms with Crippen LogP contribution in [-0.2, 0) is 4.74 Å². The zero-order valence-corrected chi connectivity index (χ0v) is 12.0. The van der Waals surface area contributed by atoms with Crippen molar-refractivity contribution in [1.29, 1.82) is 0 Å². The number of ether oxygens (including phenoxy) is 1. The van der Waals surface area contributed by atoms with E-state index in [4.69, 9.17) is 16.5 Å². The van der Waals surface area contributed by atoms with Gasteiger partial charge in [-0.2, -0.15) is 0 Å². The van der Waals surface area contributed by atoms with Crippen LogP contribution in [0, 0.1) is 11.3 Å². The fourth-order valence-corrected chi connectivity index (χ4v) is 3.52. The second-order valence-electron chi connectivity index (χ2n) is 6.30. The molecule has 1 heterocycles. The Morgan fingerprint density at radius 1 is 1.29 bits per heavy atom. The lowest BCUT2D eigenvalue weighted by molar-refractivity contribution is 0.0173. The van der Waals surface area contributed by atoms with Gasteiger partial charge in [0.15, 0.2) is 0 Å². The third-order valence-corrected chi connectivity index (χ3v) is 5.64. The molecule has 0 aromatic rings. The highest BCUT2D eigenvalue weighted by Gasteiger charge is 2.51. The molecule has 0 unspecified atom stereocenters. The first-order chi connectivity index (χ1) is 7.99. The maximum Gasteiger partial charge on any atom is 0.0594 e. The molecule has 4 heteroatoms. The maximum absolute atomic E-state index is 5.96. The Morgan fingerprint density at radius 2 is 1.94 bits per heavy atom. The lowest BCUT2D eigenvalue weighted by Gasteiger charge is -2.42. The first-order valence-corrected chi connectivity index (χ1v) is 7.05. The van der Waals surface area contributed by atoms with Crippen molar-refractivity contribution in [3.05, 3.63) is 0 Å². The average molecular weight is 261 g/mol. The number of hydrogen-bond donors (Lipinski definition) is 1. The molecule has 1 aliphatic carbocycles. The Labute approximate surface area is 110 Å². The van der Waals surface area contributed by atoms with E-state index in [2.05, 4.69) is 30.5 Å². The lowest BCUT2D eigenvalue weighted by atomic mass is 9.71. The number of morpholine rings is 1. The molecule has 100 valence electrons. The number of rotatable bonds is 3. The number of halogens is 1. The fraction of sp³-hybridized carbons (Fsp3) is 1.00. The SMILES string of the molecule is CC1(C)[C@@H](CN2CCOCC2)CC[C@@]1(C)NCl. The molecule has 0 amide bonds. The molecule has 2 atom stereocenters. The quantitative estimate of drug-likeness (QED) is 0.788. The predicted molar refractivity (Wildman–Crippen MR) is 71.2 cm³/mol. The summed E-state index contributed by atoms with van der Waals surface area (Å²) in [6.07, 6.45) is 2.43. The zero-order valence-electron chi connectivity index (χ0n) is 11.3. The molecule has 2 rings (SSSR count). The molecule has 1 saturated carbocycles. The topological polar surface area (TPSA) is 24.5 Å². The first kappa shape index (κ1) is 13.6. The Hall–Kier alpha value is 0.170. The molecule has 1 N–H and O–H groups in total. The Balaban J connectivity index is 1.98. The average Bonchev–Trinajstić information content (AvgIpc) is 2.55. The van der Waals surface area contributed by atoms with E-state index >= 15 is 0 Å². The highest BCUT2D eigenvalue weighted by Crippen LogP contribution is 2.50. The van der Waals surface area contributed by atoms with E-state index in [-0.39, 0.29) is 11.0 Å². The summed E-state index contributed by atoms with van der Waals surface area (Å²) in [6, 6.07) is 0. The maximum atomic E-state index is 5.96. The van der Waals surface area contributed by atoms with E-state index in [9.17, 15) is 0 Å². The summed E-state index contributed by atoms with van der Waals surface area (Å²) in [7, 11) is 0. The monoisotopic (exact) mass is 260 g/mol. The molecule has 3 nitrogen and oxygen atoms in total. The third-order valence-electron chi connectivity index (χ3n) is 5.23. The van der Waals surface area contributed by atoms with E-state index in [1.807, 2.05) is 0 Å². The van der Waals surface area contributed by atoms with E-state index in [1.165, 1.54) is 19.4 Å². The molecule has 0 radical (unpaired) electrons. The van der Waals surface area contributed by atoms with Gasteiger partial charge in [-0.05, 0) is 42.9 Å². The van der Waals surface area contributed by atoms with Crippen molar-refractivity contribution in [2.75, 3.05) is 32.8 Å². The van der Waals surface area contributed by atoms with Gasteiger partial charge in [0.05, 0.1) is 13.2 Å². The summed E-state index contributed by atoms with van der Waals surface area (Å²) in [5.41, 5.74) is 0.304. The smallest absolute Gasteiger partial charge is 0.0594 e. The molecule has 2 aliphatic rings. The fourth-order valence-electron chi connectivity index (χ4n) is 3.18. The first-order valence-electron chi connectivity index (χ1n) is 6.67. The summed E-state index contributed by atoms with van der Waals surface area (Å²) >= 11 is 5.96. The van der Waals surface area contributed by atoms with E-state index in [0.29, 0.717) is 0 Å². The minimum Gasteiger partial charge on any atom is -0.379 e. The van der Waals surface area contributed by atoms with Crippen LogP contribution in [0.5, 0.6) is 0 Å². The molecular formula is C13H25ClN2O. The molecule has 0 aromatic carbocycles. The van der Waals surface area contributed by atoms with Crippen LogP contribution < -0.4 is 4.84 Å². The van der Waals surface area contributed by atoms with Crippen molar-refractivity contribution in [1.82, 2.24) is 9.74 Å². The van der Waals surface area contributed by atoms with E-state index in [0.717, 1.165) is 32.2 Å². The van der Waals surface area contributed by atoms with E-state index in [1.54, 1.807) is 0 Å². The van der Waals surface area contributed by atoms with Gasteiger partial charge in [0.25, 0.3) is 0 Å². The molecular weight excluding hydrogens is 236 g/mol. The van der Waals surface area contributed by atoms with Crippen molar-refractivity contribution < 1.29 is 4.74 Å². The summed E-state index contributed by atoms with van der Waals surface area (Å²) in [6.45, 7) is 12.1. The van der Waals surface area contributed by atoms with Crippen LogP contribution in [0.2, 0.25) is 0 Å². The molecule has 1 saturated heterocycles. The van der Waals surface area contributed by atoms with Gasteiger partial charge in [0, 0.05) is 25.2 Å². The summed E-state index contributed by atoms with van der Waals surface area (Å²) in [4.78, 5) is 5.56. The number of hydrogen-bond acceptors (Lipinski definition) is 3. The van der Waals surface area contributed by atoms with Crippen molar-refractivity contribution in [2.45, 2.75) is 39.2 Å². The molecule has 2 fully saturated rings. The standard InChI is InChI=1S/C13H25ClN2O/c1-12(2)11(4-5-13(12,3)15-14)10-16-6-8-17-9-7-16/h11,15H,4-10H2,1-3H3/t11-,13-/m1/s1. The van der Waals surface area contributed by atoms with Crippen LogP contribution in [0.3, 0.4) is 0 Å². The Kier molecular flexibility index (Phi) is 4.03. The lowest BCUT2D eigenvalue weighted by Crippen LogP contribution is -2.50. The second-order valence-corrected chi connectivity index (χ2v) is 6.49. The largest absolute Gasteiger partial charge is 0.379 e. The van der Waals surface area contributed by atoms with Crippen LogP contribution in [0.15, 0.2) is 0 Å². The molecule has 0 aromatic heterocycles. The van der Waals surface area contributed by atoms with Crippen LogP contribution in [0.4, 0.5) is 0 Å². The minimum atomic E-state index is 0.0610. The van der Waals surface area contributed by atoms with Gasteiger partial charge >= 0.3 is 0 Å². The van der Waals surface area contributed by atoms with Crippen molar-refractivity contribution in [3.63, 3.8) is 0 Å². The van der Waals surface area contributed by atoms with Crippen molar-refractivity contribution >= 4 is 11.8 Å². The Morgan fingerprint density at radius 3 is 2.47 bits per heavy atom. The van der Waals surface area contributed by atoms with Crippen LogP contribution in [0.25, 0.3) is 0 Å². The van der Waals surface area contributed by atoms with Crippen molar-refractivity contribution in [2.24, 2.45) is 11.3 Å². The normalized spacial score (nSPS) is 38.5. The zero-order chi connectivity index (χ0) is 12.5. The highest BCUT2D eigenvalue weighted by atomic mass is 35.5. The minimum absolute atomic E-state index is 0.0610. The highest BCUT2D eigenvalue weighted by molar-refractivity contribution is 6.14. The molecule has 17 heavy (non-hydrogen) atoms. The third kappa shape index (κ3) is 2.48. The van der Waals surface area contributed by atoms with Gasteiger partial charge < -0.3 is 4.74 Å². The summed E-state index contributed by atoms with van der Waals surface area (Å²) in [5, 5.41) is 0. The van der Waals surface area contributed by atoms with Gasteiger partial charge in [-0.1, -0.05) is 13.8 Å². The molecule has 0 bridgehead atoms. The van der Waals surface area contributed by atoms with Crippen LogP contribution >= 0.6 is 11.8 Å². The van der Waals surface area contributed by atoms with Gasteiger partial charge in [-0.25, -0.2) is 4.84 Å². The van der Waals surface area contributed by atoms with Crippen molar-refractivity contribution in [3.8, 4) is 0 Å². The van der Waals surface area contributed by atoms with Crippen LogP contribution in [0.1, 0.15) is 33.6 Å². The predicted octanol–water partition coefficient (Wildman–Crippen LogP) is 2.26.